The summed E-state index contributed by atoms with van der Waals surface area (Å²) in [6.07, 6.45) is 4.50. The molecule has 1 saturated heterocycles. The van der Waals surface area contributed by atoms with Crippen LogP contribution in [0.3, 0.4) is 0 Å². The lowest BCUT2D eigenvalue weighted by Crippen LogP contribution is -2.35. The summed E-state index contributed by atoms with van der Waals surface area (Å²) in [6.45, 7) is 6.95. The average molecular weight is 225 g/mol. The fourth-order valence-electron chi connectivity index (χ4n) is 3.02. The maximum atomic E-state index is 8.63. The Hall–Kier alpha value is -0.770. The molecule has 0 bridgehead atoms. The monoisotopic (exact) mass is 225 g/mol. The van der Waals surface area contributed by atoms with Gasteiger partial charge in [0.2, 0.25) is 0 Å². The largest absolute Gasteiger partial charge is 0.409 e. The third-order valence-corrected chi connectivity index (χ3v) is 4.09. The molecule has 1 heterocycles. The number of hydrogen-bond donors (Lipinski definition) is 2. The van der Waals surface area contributed by atoms with Crippen molar-refractivity contribution < 1.29 is 5.21 Å². The van der Waals surface area contributed by atoms with E-state index in [1.807, 2.05) is 0 Å². The van der Waals surface area contributed by atoms with Crippen LogP contribution in [0.1, 0.15) is 39.5 Å². The Bertz CT molecular complexity index is 286. The van der Waals surface area contributed by atoms with Gasteiger partial charge in [-0.3, -0.25) is 4.90 Å². The molecule has 4 heteroatoms. The Morgan fingerprint density at radius 2 is 2.19 bits per heavy atom. The van der Waals surface area contributed by atoms with E-state index in [-0.39, 0.29) is 0 Å². The molecule has 2 fully saturated rings. The standard InChI is InChI=1S/C12H23N3O/c1-9-5-10(2)15(7-9)8-12(3-4-12)6-11(13)14-16/h9-10,16H,3-8H2,1-2H3,(H2,13,14). The van der Waals surface area contributed by atoms with Gasteiger partial charge in [-0.25, -0.2) is 0 Å². The highest BCUT2D eigenvalue weighted by Crippen LogP contribution is 2.50. The summed E-state index contributed by atoms with van der Waals surface area (Å²) >= 11 is 0. The maximum Gasteiger partial charge on any atom is 0.139 e. The Balaban J connectivity index is 1.89. The molecule has 0 aromatic heterocycles. The summed E-state index contributed by atoms with van der Waals surface area (Å²) in [7, 11) is 0. The quantitative estimate of drug-likeness (QED) is 0.331. The molecule has 92 valence electrons. The van der Waals surface area contributed by atoms with E-state index in [9.17, 15) is 0 Å². The van der Waals surface area contributed by atoms with Gasteiger partial charge in [-0.15, -0.1) is 0 Å². The van der Waals surface area contributed by atoms with E-state index in [4.69, 9.17) is 10.9 Å². The number of amidine groups is 1. The Morgan fingerprint density at radius 3 is 2.62 bits per heavy atom. The summed E-state index contributed by atoms with van der Waals surface area (Å²) in [5.41, 5.74) is 5.93. The molecule has 1 saturated carbocycles. The van der Waals surface area contributed by atoms with Gasteiger partial charge >= 0.3 is 0 Å². The van der Waals surface area contributed by atoms with Crippen LogP contribution in [-0.2, 0) is 0 Å². The van der Waals surface area contributed by atoms with E-state index < -0.39 is 0 Å². The predicted octanol–water partition coefficient (Wildman–Crippen LogP) is 1.63. The average Bonchev–Trinajstić information content (AvgIpc) is 2.89. The van der Waals surface area contributed by atoms with Crippen molar-refractivity contribution in [3.8, 4) is 0 Å². The molecule has 16 heavy (non-hydrogen) atoms. The van der Waals surface area contributed by atoms with Gasteiger partial charge in [0.25, 0.3) is 0 Å². The van der Waals surface area contributed by atoms with Crippen LogP contribution in [0, 0.1) is 11.3 Å². The number of likely N-dealkylation sites (tertiary alicyclic amines) is 1. The van der Waals surface area contributed by atoms with E-state index in [2.05, 4.69) is 23.9 Å². The molecule has 0 amide bonds. The zero-order chi connectivity index (χ0) is 11.8. The van der Waals surface area contributed by atoms with Crippen LogP contribution in [0.4, 0.5) is 0 Å². The summed E-state index contributed by atoms with van der Waals surface area (Å²) < 4.78 is 0. The third-order valence-electron chi connectivity index (χ3n) is 4.09. The molecule has 3 N–H and O–H groups in total. The molecule has 2 aliphatic rings. The maximum absolute atomic E-state index is 8.63. The molecule has 1 aliphatic carbocycles. The topological polar surface area (TPSA) is 61.8 Å². The van der Waals surface area contributed by atoms with E-state index in [0.717, 1.165) is 18.9 Å². The lowest BCUT2D eigenvalue weighted by molar-refractivity contribution is 0.212. The number of rotatable bonds is 4. The van der Waals surface area contributed by atoms with Crippen molar-refractivity contribution in [2.45, 2.75) is 45.6 Å². The highest BCUT2D eigenvalue weighted by atomic mass is 16.4. The van der Waals surface area contributed by atoms with Crippen molar-refractivity contribution in [3.05, 3.63) is 0 Å². The highest BCUT2D eigenvalue weighted by Gasteiger charge is 2.46. The lowest BCUT2D eigenvalue weighted by Gasteiger charge is -2.26. The first kappa shape index (κ1) is 11.7. The van der Waals surface area contributed by atoms with Crippen molar-refractivity contribution in [3.63, 3.8) is 0 Å². The van der Waals surface area contributed by atoms with Crippen LogP contribution in [0.2, 0.25) is 0 Å². The molecule has 4 nitrogen and oxygen atoms in total. The predicted molar refractivity (Wildman–Crippen MR) is 64.5 cm³/mol. The molecular weight excluding hydrogens is 202 g/mol. The first-order chi connectivity index (χ1) is 7.54. The van der Waals surface area contributed by atoms with Crippen molar-refractivity contribution in [2.24, 2.45) is 22.2 Å². The Labute approximate surface area is 97.5 Å². The van der Waals surface area contributed by atoms with Gasteiger partial charge in [-0.2, -0.15) is 0 Å². The van der Waals surface area contributed by atoms with Gasteiger partial charge in [-0.05, 0) is 37.5 Å². The first-order valence-corrected chi connectivity index (χ1v) is 6.25. The highest BCUT2D eigenvalue weighted by molar-refractivity contribution is 5.80. The van der Waals surface area contributed by atoms with E-state index in [1.54, 1.807) is 0 Å². The first-order valence-electron chi connectivity index (χ1n) is 6.25. The fraction of sp³-hybridized carbons (Fsp3) is 0.917. The van der Waals surface area contributed by atoms with Gasteiger partial charge in [0, 0.05) is 25.6 Å². The summed E-state index contributed by atoms with van der Waals surface area (Å²) in [5, 5.41) is 11.7. The SMILES string of the molecule is CC1CC(C)N(CC2(CC(N)=NO)CC2)C1. The fourth-order valence-corrected chi connectivity index (χ4v) is 3.02. The van der Waals surface area contributed by atoms with Gasteiger partial charge in [0.1, 0.15) is 5.84 Å². The molecule has 2 rings (SSSR count). The summed E-state index contributed by atoms with van der Waals surface area (Å²) in [6, 6.07) is 0.694. The molecule has 1 aliphatic heterocycles. The van der Waals surface area contributed by atoms with E-state index >= 15 is 0 Å². The van der Waals surface area contributed by atoms with Crippen molar-refractivity contribution >= 4 is 5.84 Å². The van der Waals surface area contributed by atoms with Crippen LogP contribution in [0.5, 0.6) is 0 Å². The number of nitrogens with zero attached hydrogens (tertiary/aromatic N) is 2. The van der Waals surface area contributed by atoms with Gasteiger partial charge in [0.15, 0.2) is 0 Å². The number of nitrogens with two attached hydrogens (primary N) is 1. The van der Waals surface area contributed by atoms with Gasteiger partial charge in [0.05, 0.1) is 0 Å². The van der Waals surface area contributed by atoms with Crippen molar-refractivity contribution in [2.75, 3.05) is 13.1 Å². The molecule has 0 aromatic rings. The van der Waals surface area contributed by atoms with E-state index in [0.29, 0.717) is 17.3 Å². The zero-order valence-corrected chi connectivity index (χ0v) is 10.3. The van der Waals surface area contributed by atoms with Crippen LogP contribution in [-0.4, -0.2) is 35.1 Å². The molecule has 0 spiro atoms. The zero-order valence-electron chi connectivity index (χ0n) is 10.3. The van der Waals surface area contributed by atoms with Crippen molar-refractivity contribution in [1.29, 1.82) is 0 Å². The minimum Gasteiger partial charge on any atom is -0.409 e. The minimum atomic E-state index is 0.314. The van der Waals surface area contributed by atoms with Crippen LogP contribution < -0.4 is 5.73 Å². The normalized spacial score (nSPS) is 34.2. The van der Waals surface area contributed by atoms with Gasteiger partial charge in [-0.1, -0.05) is 12.1 Å². The Kier molecular flexibility index (Phi) is 3.10. The lowest BCUT2D eigenvalue weighted by atomic mass is 10.0. The van der Waals surface area contributed by atoms with Crippen LogP contribution in [0.25, 0.3) is 0 Å². The molecule has 2 atom stereocenters. The smallest absolute Gasteiger partial charge is 0.139 e. The third kappa shape index (κ3) is 2.48. The van der Waals surface area contributed by atoms with Crippen LogP contribution >= 0.6 is 0 Å². The Morgan fingerprint density at radius 1 is 1.50 bits per heavy atom. The second-order valence-corrected chi connectivity index (χ2v) is 5.89. The van der Waals surface area contributed by atoms with Crippen molar-refractivity contribution in [1.82, 2.24) is 4.90 Å². The number of oxime groups is 1. The van der Waals surface area contributed by atoms with E-state index in [1.165, 1.54) is 25.8 Å². The van der Waals surface area contributed by atoms with Gasteiger partial charge < -0.3 is 10.9 Å². The molecular formula is C12H23N3O. The number of hydrogen-bond acceptors (Lipinski definition) is 3. The summed E-state index contributed by atoms with van der Waals surface area (Å²) in [4.78, 5) is 2.57. The second kappa shape index (κ2) is 4.24. The second-order valence-electron chi connectivity index (χ2n) is 5.89. The summed E-state index contributed by atoms with van der Waals surface area (Å²) in [5.74, 6) is 1.20. The molecule has 0 radical (unpaired) electrons. The molecule has 0 aromatic carbocycles. The molecule has 2 unspecified atom stereocenters. The van der Waals surface area contributed by atoms with Crippen LogP contribution in [0.15, 0.2) is 5.16 Å². The minimum absolute atomic E-state index is 0.314.